The van der Waals surface area contributed by atoms with Crippen LogP contribution in [0.25, 0.3) is 21.9 Å². The zero-order valence-electron chi connectivity index (χ0n) is 7.90. The average molecular weight is 230 g/mol. The molecule has 0 spiro atoms. The highest BCUT2D eigenvalue weighted by Gasteiger charge is 2.09. The van der Waals surface area contributed by atoms with Gasteiger partial charge in [-0.1, -0.05) is 17.7 Å². The van der Waals surface area contributed by atoms with Crippen LogP contribution in [0.4, 0.5) is 0 Å². The van der Waals surface area contributed by atoms with Gasteiger partial charge in [0, 0.05) is 5.39 Å². The number of fused-ring (bicyclic) bond motifs is 3. The second kappa shape index (κ2) is 3.15. The van der Waals surface area contributed by atoms with Crippen LogP contribution in [0, 0.1) is 11.3 Å². The highest BCUT2D eigenvalue weighted by Crippen LogP contribution is 2.24. The number of nitrogens with one attached hydrogen (secondary N) is 1. The molecule has 3 rings (SSSR count). The van der Waals surface area contributed by atoms with Crippen LogP contribution in [-0.2, 0) is 0 Å². The molecule has 0 radical (unpaired) electrons. The van der Waals surface area contributed by atoms with E-state index >= 15 is 0 Å². The molecule has 2 heterocycles. The summed E-state index contributed by atoms with van der Waals surface area (Å²) in [4.78, 5) is 4.17. The van der Waals surface area contributed by atoms with Crippen LogP contribution in [0.1, 0.15) is 5.56 Å². The van der Waals surface area contributed by atoms with Gasteiger partial charge < -0.3 is 0 Å². The Hall–Kier alpha value is -2.19. The second-order valence-corrected chi connectivity index (χ2v) is 3.63. The van der Waals surface area contributed by atoms with E-state index < -0.39 is 0 Å². The Balaban J connectivity index is 2.53. The van der Waals surface area contributed by atoms with Crippen LogP contribution in [-0.4, -0.2) is 20.4 Å². The molecule has 2 aromatic heterocycles. The third kappa shape index (κ3) is 1.14. The highest BCUT2D eigenvalue weighted by atomic mass is 35.5. The van der Waals surface area contributed by atoms with E-state index in [4.69, 9.17) is 16.9 Å². The number of rotatable bonds is 0. The third-order valence-corrected chi connectivity index (χ3v) is 2.63. The Morgan fingerprint density at radius 2 is 2.12 bits per heavy atom. The first kappa shape index (κ1) is 9.07. The van der Waals surface area contributed by atoms with Crippen LogP contribution >= 0.6 is 11.6 Å². The molecular weight excluding hydrogens is 226 g/mol. The van der Waals surface area contributed by atoms with Crippen molar-refractivity contribution in [2.75, 3.05) is 0 Å². The Kier molecular flexibility index (Phi) is 1.79. The van der Waals surface area contributed by atoms with Crippen molar-refractivity contribution in [3.05, 3.63) is 28.9 Å². The Labute approximate surface area is 94.7 Å². The van der Waals surface area contributed by atoms with Gasteiger partial charge in [0.1, 0.15) is 27.8 Å². The van der Waals surface area contributed by atoms with Crippen molar-refractivity contribution in [2.24, 2.45) is 0 Å². The zero-order chi connectivity index (χ0) is 11.1. The number of nitriles is 1. The summed E-state index contributed by atoms with van der Waals surface area (Å²) in [5.41, 5.74) is 2.39. The summed E-state index contributed by atoms with van der Waals surface area (Å²) in [5.74, 6) is 0. The number of halogens is 1. The minimum atomic E-state index is 0.186. The van der Waals surface area contributed by atoms with E-state index in [1.807, 2.05) is 18.2 Å². The van der Waals surface area contributed by atoms with Crippen LogP contribution in [0.3, 0.4) is 0 Å². The zero-order valence-corrected chi connectivity index (χ0v) is 8.65. The lowest BCUT2D eigenvalue weighted by Gasteiger charge is -1.99. The number of nitrogens with zero attached hydrogens (tertiary/aromatic N) is 4. The Bertz CT molecular complexity index is 740. The first-order valence-corrected chi connectivity index (χ1v) is 4.87. The number of hydrogen-bond donors (Lipinski definition) is 1. The summed E-state index contributed by atoms with van der Waals surface area (Å²) >= 11 is 5.88. The summed E-state index contributed by atoms with van der Waals surface area (Å²) in [6.07, 6.45) is 0. The van der Waals surface area contributed by atoms with Gasteiger partial charge >= 0.3 is 0 Å². The van der Waals surface area contributed by atoms with Crippen molar-refractivity contribution in [3.63, 3.8) is 0 Å². The summed E-state index contributed by atoms with van der Waals surface area (Å²) in [7, 11) is 0. The van der Waals surface area contributed by atoms with Crippen molar-refractivity contribution < 1.29 is 0 Å². The molecule has 1 aromatic carbocycles. The Morgan fingerprint density at radius 1 is 1.25 bits per heavy atom. The van der Waals surface area contributed by atoms with Gasteiger partial charge in [-0.25, -0.2) is 4.98 Å². The fourth-order valence-corrected chi connectivity index (χ4v) is 1.78. The minimum Gasteiger partial charge on any atom is -0.232 e. The smallest absolute Gasteiger partial charge is 0.147 e. The van der Waals surface area contributed by atoms with Gasteiger partial charge in [-0.05, 0) is 12.1 Å². The van der Waals surface area contributed by atoms with E-state index in [0.717, 1.165) is 10.9 Å². The fraction of sp³-hybridized carbons (Fsp3) is 0. The molecule has 0 fully saturated rings. The molecule has 0 aliphatic heterocycles. The number of aromatic nitrogens is 4. The normalized spacial score (nSPS) is 10.8. The first-order chi connectivity index (χ1) is 7.79. The maximum atomic E-state index is 8.84. The molecular formula is C10H4ClN5. The summed E-state index contributed by atoms with van der Waals surface area (Å²) in [5, 5.41) is 20.3. The molecule has 0 saturated carbocycles. The molecule has 3 aromatic rings. The topological polar surface area (TPSA) is 78.2 Å². The largest absolute Gasteiger partial charge is 0.232 e. The monoisotopic (exact) mass is 229 g/mol. The van der Waals surface area contributed by atoms with E-state index in [1.165, 1.54) is 0 Å². The molecule has 0 bridgehead atoms. The van der Waals surface area contributed by atoms with Gasteiger partial charge in [-0.2, -0.15) is 20.7 Å². The lowest BCUT2D eigenvalue weighted by molar-refractivity contribution is 0.960. The first-order valence-electron chi connectivity index (χ1n) is 4.49. The number of hydrogen-bond acceptors (Lipinski definition) is 4. The predicted octanol–water partition coefficient (Wildman–Crippen LogP) is 2.03. The van der Waals surface area contributed by atoms with Crippen molar-refractivity contribution in [1.82, 2.24) is 20.4 Å². The van der Waals surface area contributed by atoms with Gasteiger partial charge in [0.15, 0.2) is 0 Å². The average Bonchev–Trinajstić information content (AvgIpc) is 2.76. The number of benzene rings is 1. The van der Waals surface area contributed by atoms with E-state index in [1.54, 1.807) is 6.07 Å². The highest BCUT2D eigenvalue weighted by molar-refractivity contribution is 6.31. The van der Waals surface area contributed by atoms with Gasteiger partial charge in [-0.3, -0.25) is 0 Å². The number of aromatic amines is 1. The maximum Gasteiger partial charge on any atom is 0.147 e. The standard InChI is InChI=1S/C10H4ClN5/c11-10-6(4-12)3-5-1-2-7-9(8(5)13-10)15-16-14-7/h1-3H,(H,14,15,16). The maximum absolute atomic E-state index is 8.84. The van der Waals surface area contributed by atoms with Crippen molar-refractivity contribution in [1.29, 1.82) is 5.26 Å². The predicted molar refractivity (Wildman–Crippen MR) is 58.9 cm³/mol. The molecule has 0 atom stereocenters. The van der Waals surface area contributed by atoms with E-state index in [0.29, 0.717) is 16.6 Å². The summed E-state index contributed by atoms with van der Waals surface area (Å²) in [6.45, 7) is 0. The summed E-state index contributed by atoms with van der Waals surface area (Å²) in [6, 6.07) is 7.34. The molecule has 5 nitrogen and oxygen atoms in total. The number of H-pyrrole nitrogens is 1. The summed E-state index contributed by atoms with van der Waals surface area (Å²) < 4.78 is 0. The molecule has 0 saturated heterocycles. The van der Waals surface area contributed by atoms with Crippen LogP contribution in [0.2, 0.25) is 5.15 Å². The molecule has 6 heteroatoms. The van der Waals surface area contributed by atoms with E-state index in [-0.39, 0.29) is 5.15 Å². The third-order valence-electron chi connectivity index (χ3n) is 2.35. The van der Waals surface area contributed by atoms with Crippen molar-refractivity contribution in [3.8, 4) is 6.07 Å². The van der Waals surface area contributed by atoms with E-state index in [9.17, 15) is 0 Å². The van der Waals surface area contributed by atoms with Gasteiger partial charge in [0.05, 0.1) is 5.56 Å². The van der Waals surface area contributed by atoms with Gasteiger partial charge in [0.2, 0.25) is 0 Å². The molecule has 0 unspecified atom stereocenters. The lowest BCUT2D eigenvalue weighted by Crippen LogP contribution is -1.86. The lowest BCUT2D eigenvalue weighted by atomic mass is 10.1. The molecule has 0 aliphatic carbocycles. The second-order valence-electron chi connectivity index (χ2n) is 3.27. The SMILES string of the molecule is N#Cc1cc2ccc3n[nH]nc3c2nc1Cl. The van der Waals surface area contributed by atoms with Gasteiger partial charge in [-0.15, -0.1) is 0 Å². The minimum absolute atomic E-state index is 0.186. The fourth-order valence-electron chi connectivity index (χ4n) is 1.60. The van der Waals surface area contributed by atoms with Crippen molar-refractivity contribution >= 4 is 33.5 Å². The Morgan fingerprint density at radius 3 is 2.94 bits per heavy atom. The molecule has 16 heavy (non-hydrogen) atoms. The van der Waals surface area contributed by atoms with Crippen molar-refractivity contribution in [2.45, 2.75) is 0 Å². The number of pyridine rings is 1. The van der Waals surface area contributed by atoms with Crippen LogP contribution in [0.15, 0.2) is 18.2 Å². The van der Waals surface area contributed by atoms with Crippen LogP contribution in [0.5, 0.6) is 0 Å². The quantitative estimate of drug-likeness (QED) is 0.598. The molecule has 76 valence electrons. The molecule has 1 N–H and O–H groups in total. The molecule has 0 aliphatic rings. The van der Waals surface area contributed by atoms with Crippen LogP contribution < -0.4 is 0 Å². The van der Waals surface area contributed by atoms with Gasteiger partial charge in [0.25, 0.3) is 0 Å². The van der Waals surface area contributed by atoms with E-state index in [2.05, 4.69) is 20.4 Å². The molecule has 0 amide bonds.